The summed E-state index contributed by atoms with van der Waals surface area (Å²) in [6, 6.07) is 16.1. The van der Waals surface area contributed by atoms with Gasteiger partial charge in [0, 0.05) is 99.6 Å². The number of carbonyl (C=O) groups excluding carboxylic acids is 1. The maximum absolute atomic E-state index is 12.2. The summed E-state index contributed by atoms with van der Waals surface area (Å²) in [5.74, 6) is 1.34. The smallest absolute Gasteiger partial charge is 0.316 e. The van der Waals surface area contributed by atoms with Crippen molar-refractivity contribution in [2.75, 3.05) is 48.8 Å². The van der Waals surface area contributed by atoms with Crippen LogP contribution >= 0.6 is 0 Å². The van der Waals surface area contributed by atoms with Gasteiger partial charge in [-0.1, -0.05) is 26.0 Å². The first-order chi connectivity index (χ1) is 28.2. The Labute approximate surface area is 338 Å². The molecule has 2 bridgehead atoms. The number of phenolic OH excluding ortho intramolecular Hbond substituents is 1. The number of aromatic nitrogens is 4. The molecule has 4 aromatic rings. The average molecular weight is 795 g/mol. The summed E-state index contributed by atoms with van der Waals surface area (Å²) in [6.07, 6.45) is 10.4. The molecule has 3 aromatic heterocycles. The number of carbonyl (C=O) groups is 1. The number of fused-ring (bicyclic) bond motifs is 2. The molecule has 58 heavy (non-hydrogen) atoms. The van der Waals surface area contributed by atoms with Gasteiger partial charge in [0.25, 0.3) is 5.88 Å². The Hall–Kier alpha value is -5.15. The summed E-state index contributed by atoms with van der Waals surface area (Å²) < 4.78 is 29.4. The van der Waals surface area contributed by atoms with Gasteiger partial charge in [-0.25, -0.2) is 4.98 Å². The molecule has 308 valence electrons. The topological polar surface area (TPSA) is 175 Å². The van der Waals surface area contributed by atoms with Crippen LogP contribution in [0.5, 0.6) is 17.5 Å². The second kappa shape index (κ2) is 16.2. The monoisotopic (exact) mass is 794 g/mol. The van der Waals surface area contributed by atoms with E-state index in [0.29, 0.717) is 52.7 Å². The van der Waals surface area contributed by atoms with Crippen LogP contribution in [0.2, 0.25) is 0 Å². The molecule has 0 radical (unpaired) electrons. The van der Waals surface area contributed by atoms with Crippen molar-refractivity contribution < 1.29 is 33.4 Å². The fraction of sp³-hybridized carbons (Fsp3) is 0.558. The standard InChI is InChI=1S/C43H54N8O7/c1-25(2)41(43(53)54-3)38-22-40(48-58-38)57-31-16-29(17-31)49-14-11-30(12-15-49)55-32-19-33(20-32)56-39-18-26(10-13-45-39)51-27-8-9-28(51)24-50(23-27)36-21-35(46-47-42(36)44)34-6-4-5-7-37(34)52/h4-7,10,13,18,21-22,25,27-33,41,52H,8-9,11-12,14-17,19-20,23-24H2,1-3H3,(H2,44,47)/t27?,28?,29-,31-,32-,33-,41?. The number of ether oxygens (including phenoxy) is 4. The van der Waals surface area contributed by atoms with Crippen LogP contribution in [0.15, 0.2) is 59.3 Å². The van der Waals surface area contributed by atoms with Gasteiger partial charge in [-0.15, -0.1) is 10.2 Å². The van der Waals surface area contributed by atoms with Crippen molar-refractivity contribution in [1.82, 2.24) is 25.2 Å². The lowest BCUT2D eigenvalue weighted by Gasteiger charge is -2.46. The minimum absolute atomic E-state index is 0.0242. The van der Waals surface area contributed by atoms with Crippen LogP contribution in [0.1, 0.15) is 76.9 Å². The minimum atomic E-state index is -0.498. The lowest BCUT2D eigenvalue weighted by Crippen LogP contribution is -2.54. The molecule has 3 unspecified atom stereocenters. The first kappa shape index (κ1) is 38.4. The Balaban J connectivity index is 0.706. The van der Waals surface area contributed by atoms with E-state index in [1.165, 1.54) is 7.11 Å². The van der Waals surface area contributed by atoms with E-state index >= 15 is 0 Å². The molecule has 6 heterocycles. The molecule has 3 saturated heterocycles. The normalized spacial score (nSPS) is 26.6. The van der Waals surface area contributed by atoms with E-state index in [-0.39, 0.29) is 42.1 Å². The fourth-order valence-corrected chi connectivity index (χ4v) is 9.58. The molecule has 1 aromatic carbocycles. The second-order valence-electron chi connectivity index (χ2n) is 16.9. The maximum atomic E-state index is 12.2. The number of likely N-dealkylation sites (tertiary alicyclic amines) is 1. The molecule has 2 saturated carbocycles. The van der Waals surface area contributed by atoms with E-state index in [2.05, 4.69) is 47.2 Å². The van der Waals surface area contributed by atoms with Crippen LogP contribution in [0.4, 0.5) is 17.2 Å². The highest BCUT2D eigenvalue weighted by Crippen LogP contribution is 2.41. The van der Waals surface area contributed by atoms with Crippen LogP contribution in [-0.4, -0.2) is 112 Å². The zero-order valence-electron chi connectivity index (χ0n) is 33.5. The summed E-state index contributed by atoms with van der Waals surface area (Å²) in [6.45, 7) is 7.58. The average Bonchev–Trinajstić information content (AvgIpc) is 3.76. The number of methoxy groups -OCH3 is 1. The second-order valence-corrected chi connectivity index (χ2v) is 16.9. The third kappa shape index (κ3) is 7.85. The van der Waals surface area contributed by atoms with Gasteiger partial charge in [-0.05, 0) is 61.0 Å². The van der Waals surface area contributed by atoms with Gasteiger partial charge < -0.3 is 44.1 Å². The Bertz CT molecular complexity index is 2050. The summed E-state index contributed by atoms with van der Waals surface area (Å²) in [4.78, 5) is 24.2. The van der Waals surface area contributed by atoms with Gasteiger partial charge in [0.1, 0.15) is 23.9 Å². The molecule has 3 aliphatic heterocycles. The highest BCUT2D eigenvalue weighted by Gasteiger charge is 2.42. The summed E-state index contributed by atoms with van der Waals surface area (Å²) >= 11 is 0. The van der Waals surface area contributed by atoms with Crippen molar-refractivity contribution in [2.45, 2.75) is 114 Å². The summed E-state index contributed by atoms with van der Waals surface area (Å²) in [7, 11) is 1.39. The SMILES string of the molecule is COC(=O)C(c1cc(O[C@H]2C[C@H](N3CCC(O[C@H]4C[C@H](Oc5cc(N6C7CCC6CN(c6cc(-c8ccccc8O)nnc6N)C7)ccn5)C4)CC3)C2)no1)C(C)C. The van der Waals surface area contributed by atoms with Gasteiger partial charge in [-0.3, -0.25) is 9.69 Å². The van der Waals surface area contributed by atoms with Crippen molar-refractivity contribution in [3.05, 3.63) is 60.5 Å². The van der Waals surface area contributed by atoms with E-state index < -0.39 is 5.92 Å². The predicted molar refractivity (Wildman–Crippen MR) is 216 cm³/mol. The lowest BCUT2D eigenvalue weighted by atomic mass is 9.86. The first-order valence-corrected chi connectivity index (χ1v) is 20.9. The predicted octanol–water partition coefficient (Wildman–Crippen LogP) is 5.59. The third-order valence-corrected chi connectivity index (χ3v) is 12.8. The van der Waals surface area contributed by atoms with Crippen LogP contribution in [0.3, 0.4) is 0 Å². The number of piperazine rings is 1. The van der Waals surface area contributed by atoms with Crippen molar-refractivity contribution in [1.29, 1.82) is 0 Å². The van der Waals surface area contributed by atoms with Gasteiger partial charge in [0.15, 0.2) is 11.6 Å². The third-order valence-electron chi connectivity index (χ3n) is 12.8. The number of phenols is 1. The zero-order chi connectivity index (χ0) is 39.9. The summed E-state index contributed by atoms with van der Waals surface area (Å²) in [5, 5.41) is 23.0. The van der Waals surface area contributed by atoms with Gasteiger partial charge in [-0.2, -0.15) is 0 Å². The fourth-order valence-electron chi connectivity index (χ4n) is 9.58. The molecule has 0 spiro atoms. The number of hydrogen-bond acceptors (Lipinski definition) is 15. The number of esters is 1. The highest BCUT2D eigenvalue weighted by molar-refractivity contribution is 5.77. The van der Waals surface area contributed by atoms with E-state index in [1.54, 1.807) is 18.2 Å². The number of nitrogens with two attached hydrogens (primary N) is 1. The minimum Gasteiger partial charge on any atom is -0.507 e. The number of nitrogens with zero attached hydrogens (tertiary/aromatic N) is 7. The first-order valence-electron chi connectivity index (χ1n) is 20.9. The quantitative estimate of drug-likeness (QED) is 0.160. The molecule has 0 amide bonds. The Morgan fingerprint density at radius 2 is 1.59 bits per heavy atom. The lowest BCUT2D eigenvalue weighted by molar-refractivity contribution is -0.144. The number of aromatic hydroxyl groups is 1. The maximum Gasteiger partial charge on any atom is 0.316 e. The number of piperidine rings is 1. The van der Waals surface area contributed by atoms with Crippen LogP contribution in [0.25, 0.3) is 11.3 Å². The summed E-state index contributed by atoms with van der Waals surface area (Å²) in [5.41, 5.74) is 9.60. The van der Waals surface area contributed by atoms with Crippen LogP contribution < -0.4 is 25.0 Å². The number of para-hydroxylation sites is 1. The molecule has 5 fully saturated rings. The highest BCUT2D eigenvalue weighted by atomic mass is 16.6. The zero-order valence-corrected chi connectivity index (χ0v) is 33.5. The van der Waals surface area contributed by atoms with Crippen molar-refractivity contribution in [3.8, 4) is 28.8 Å². The molecule has 9 rings (SSSR count). The Morgan fingerprint density at radius 3 is 2.31 bits per heavy atom. The molecule has 3 atom stereocenters. The molecule has 3 N–H and O–H groups in total. The van der Waals surface area contributed by atoms with E-state index in [0.717, 1.165) is 88.9 Å². The number of pyridine rings is 1. The van der Waals surface area contributed by atoms with Gasteiger partial charge >= 0.3 is 5.97 Å². The number of anilines is 3. The van der Waals surface area contributed by atoms with Gasteiger partial charge in [0.05, 0.1) is 30.7 Å². The molecular weight excluding hydrogens is 741 g/mol. The van der Waals surface area contributed by atoms with E-state index in [4.69, 9.17) is 29.2 Å². The number of benzene rings is 1. The van der Waals surface area contributed by atoms with Crippen LogP contribution in [0, 0.1) is 5.92 Å². The number of nitrogen functional groups attached to an aromatic ring is 1. The molecule has 15 nitrogen and oxygen atoms in total. The molecule has 5 aliphatic rings. The Morgan fingerprint density at radius 1 is 0.862 bits per heavy atom. The van der Waals surface area contributed by atoms with Crippen LogP contribution in [-0.2, 0) is 14.3 Å². The Kier molecular flexibility index (Phi) is 10.7. The van der Waals surface area contributed by atoms with Gasteiger partial charge in [0.2, 0.25) is 5.88 Å². The number of rotatable bonds is 13. The molecule has 15 heteroatoms. The van der Waals surface area contributed by atoms with E-state index in [1.807, 2.05) is 38.2 Å². The molecule has 2 aliphatic carbocycles. The number of hydrogen-bond donors (Lipinski definition) is 2. The van der Waals surface area contributed by atoms with Crippen molar-refractivity contribution in [3.63, 3.8) is 0 Å². The van der Waals surface area contributed by atoms with E-state index in [9.17, 15) is 9.90 Å². The van der Waals surface area contributed by atoms with Crippen molar-refractivity contribution in [2.24, 2.45) is 5.92 Å². The largest absolute Gasteiger partial charge is 0.507 e. The van der Waals surface area contributed by atoms with Crippen molar-refractivity contribution >= 4 is 23.2 Å². The molecular formula is C43H54N8O7.